The normalized spacial score (nSPS) is 6.38. The Bertz CT molecular complexity index is 70.8. The van der Waals surface area contributed by atoms with Gasteiger partial charge in [-0.1, -0.05) is 6.92 Å². The topological polar surface area (TPSA) is 37.3 Å². The number of carbonyl (C=O) groups is 1. The third-order valence-corrected chi connectivity index (χ3v) is 0.302. The van der Waals surface area contributed by atoms with E-state index in [9.17, 15) is 4.79 Å². The first-order chi connectivity index (χ1) is 3.68. The van der Waals surface area contributed by atoms with Crippen LogP contribution < -0.4 is 0 Å². The van der Waals surface area contributed by atoms with Crippen molar-refractivity contribution in [1.29, 1.82) is 0 Å². The van der Waals surface area contributed by atoms with Gasteiger partial charge in [-0.2, -0.15) is 0 Å². The summed E-state index contributed by atoms with van der Waals surface area (Å²) in [4.78, 5) is 9.37. The van der Waals surface area contributed by atoms with Crippen molar-refractivity contribution in [3.63, 3.8) is 0 Å². The average Bonchev–Trinajstić information content (AvgIpc) is 1.69. The number of carboxylic acids is 1. The van der Waals surface area contributed by atoms with Crippen LogP contribution >= 0.6 is 0 Å². The second-order valence-electron chi connectivity index (χ2n) is 1.16. The standard InChI is InChI=1S/C3H6O2.C2H3.Na/c1-2-3(4)5;1-2;/h2H2,1H3,(H,4,5);1H,2H2;. The minimum Gasteiger partial charge on any atom is -0.481 e. The molecule has 0 amide bonds. The third-order valence-electron chi connectivity index (χ3n) is 0.302. The van der Waals surface area contributed by atoms with Crippen molar-refractivity contribution in [3.8, 4) is 0 Å². The van der Waals surface area contributed by atoms with Crippen LogP contribution in [0.2, 0.25) is 0 Å². The molecule has 0 bridgehead atoms. The van der Waals surface area contributed by atoms with Crippen LogP contribution in [0.15, 0.2) is 9.90 Å². The molecule has 0 unspecified atom stereocenters. The van der Waals surface area contributed by atoms with Crippen LogP contribution in [0.4, 0.5) is 0 Å². The summed E-state index contributed by atoms with van der Waals surface area (Å²) in [7, 11) is 0. The van der Waals surface area contributed by atoms with Crippen molar-refractivity contribution in [2.24, 2.45) is 0 Å². The fourth-order valence-corrected chi connectivity index (χ4v) is 0. The Morgan fingerprint density at radius 1 is 2.00 bits per heavy atom. The number of hydrogen-bond acceptors (Lipinski definition) is 1. The summed E-state index contributed by atoms with van der Waals surface area (Å²) < 4.78 is 1.89. The first-order valence-electron chi connectivity index (χ1n) is 2.47. The molecular weight excluding hydrogens is 115 g/mol. The molecule has 0 aliphatic rings. The van der Waals surface area contributed by atoms with Gasteiger partial charge in [-0.15, -0.1) is 0 Å². The Balaban J connectivity index is 0. The van der Waals surface area contributed by atoms with Crippen LogP contribution in [0.25, 0.3) is 0 Å². The molecular formula is C5H9NaO2. The number of rotatable bonds is 1. The van der Waals surface area contributed by atoms with Gasteiger partial charge >= 0.3 is 43.8 Å². The molecule has 0 saturated carbocycles. The van der Waals surface area contributed by atoms with Crippen molar-refractivity contribution < 1.29 is 9.90 Å². The van der Waals surface area contributed by atoms with Crippen molar-refractivity contribution in [2.45, 2.75) is 13.3 Å². The molecule has 0 radical (unpaired) electrons. The van der Waals surface area contributed by atoms with E-state index in [4.69, 9.17) is 5.11 Å². The minimum atomic E-state index is -0.745. The van der Waals surface area contributed by atoms with E-state index >= 15 is 0 Å². The number of carboxylic acid groups (broad SMARTS) is 1. The monoisotopic (exact) mass is 124 g/mol. The number of aliphatic carboxylic acids is 1. The second kappa shape index (κ2) is 10.2. The molecule has 2 nitrogen and oxygen atoms in total. The van der Waals surface area contributed by atoms with Crippen LogP contribution in [-0.4, -0.2) is 39.0 Å². The van der Waals surface area contributed by atoms with E-state index in [1.807, 2.05) is 3.33 Å². The van der Waals surface area contributed by atoms with Crippen LogP contribution in [0.3, 0.4) is 0 Å². The summed E-state index contributed by atoms with van der Waals surface area (Å²) in [6.07, 6.45) is 0.222. The quantitative estimate of drug-likeness (QED) is 0.524. The summed E-state index contributed by atoms with van der Waals surface area (Å²) in [6.45, 7) is 5.02. The fourth-order valence-electron chi connectivity index (χ4n) is 0. The Morgan fingerprint density at radius 3 is 2.12 bits per heavy atom. The summed E-state index contributed by atoms with van der Waals surface area (Å²) in [5, 5.41) is 7.72. The molecule has 1 N–H and O–H groups in total. The SMILES string of the molecule is C=[CH][Na].CCC(=O)O. The molecule has 42 valence electrons. The van der Waals surface area contributed by atoms with E-state index in [0.717, 1.165) is 27.9 Å². The second-order valence-corrected chi connectivity index (χ2v) is 1.97. The van der Waals surface area contributed by atoms with Crippen molar-refractivity contribution in [2.75, 3.05) is 0 Å². The van der Waals surface area contributed by atoms with Gasteiger partial charge in [0, 0.05) is 6.42 Å². The largest absolute Gasteiger partial charge is 0.481 e. The van der Waals surface area contributed by atoms with Gasteiger partial charge in [0.1, 0.15) is 0 Å². The van der Waals surface area contributed by atoms with Crippen molar-refractivity contribution in [3.05, 3.63) is 9.90 Å². The Morgan fingerprint density at radius 2 is 2.12 bits per heavy atom. The van der Waals surface area contributed by atoms with Crippen LogP contribution in [0, 0.1) is 0 Å². The van der Waals surface area contributed by atoms with Crippen molar-refractivity contribution >= 4 is 33.9 Å². The van der Waals surface area contributed by atoms with E-state index in [2.05, 4.69) is 6.58 Å². The van der Waals surface area contributed by atoms with Gasteiger partial charge in [0.25, 0.3) is 0 Å². The van der Waals surface area contributed by atoms with E-state index in [-0.39, 0.29) is 6.42 Å². The Hall–Kier alpha value is 0.210. The third kappa shape index (κ3) is 34.5. The minimum absolute atomic E-state index is 0.222. The van der Waals surface area contributed by atoms with Gasteiger partial charge in [-0.25, -0.2) is 0 Å². The van der Waals surface area contributed by atoms with Gasteiger partial charge in [-0.3, -0.25) is 4.79 Å². The maximum Gasteiger partial charge on any atom is 0.303 e. The predicted octanol–water partition coefficient (Wildman–Crippen LogP) is 0.779. The summed E-state index contributed by atoms with van der Waals surface area (Å²) in [5.74, 6) is -0.745. The van der Waals surface area contributed by atoms with E-state index < -0.39 is 5.97 Å². The molecule has 0 saturated heterocycles. The molecule has 0 aromatic heterocycles. The summed E-state index contributed by atoms with van der Waals surface area (Å²) in [6, 6.07) is 0. The molecule has 0 heterocycles. The molecule has 0 rings (SSSR count). The van der Waals surface area contributed by atoms with E-state index in [1.54, 1.807) is 6.92 Å². The predicted molar refractivity (Wildman–Crippen MR) is 33.9 cm³/mol. The van der Waals surface area contributed by atoms with E-state index in [0.29, 0.717) is 0 Å². The van der Waals surface area contributed by atoms with Gasteiger partial charge in [0.15, 0.2) is 0 Å². The van der Waals surface area contributed by atoms with Crippen LogP contribution in [-0.2, 0) is 4.79 Å². The molecule has 0 aromatic rings. The van der Waals surface area contributed by atoms with E-state index in [1.165, 1.54) is 0 Å². The van der Waals surface area contributed by atoms with Gasteiger partial charge in [0.2, 0.25) is 0 Å². The molecule has 0 atom stereocenters. The fraction of sp³-hybridized carbons (Fsp3) is 0.400. The molecule has 0 spiro atoms. The summed E-state index contributed by atoms with van der Waals surface area (Å²) in [5.41, 5.74) is 0. The maximum atomic E-state index is 9.37. The molecule has 3 heteroatoms. The zero-order valence-corrected chi connectivity index (χ0v) is 7.35. The first kappa shape index (κ1) is 11.1. The molecule has 0 aromatic carbocycles. The number of hydrogen-bond donors (Lipinski definition) is 1. The maximum absolute atomic E-state index is 9.37. The zero-order valence-electron chi connectivity index (χ0n) is 5.35. The Kier molecular flexibility index (Phi) is 14.2. The average molecular weight is 124 g/mol. The molecule has 8 heavy (non-hydrogen) atoms. The van der Waals surface area contributed by atoms with Gasteiger partial charge in [0.05, 0.1) is 0 Å². The molecule has 0 aliphatic heterocycles. The van der Waals surface area contributed by atoms with Gasteiger partial charge in [-0.05, 0) is 0 Å². The van der Waals surface area contributed by atoms with Crippen LogP contribution in [0.1, 0.15) is 13.3 Å². The van der Waals surface area contributed by atoms with Crippen LogP contribution in [0.5, 0.6) is 0 Å². The molecule has 0 aliphatic carbocycles. The summed E-state index contributed by atoms with van der Waals surface area (Å²) >= 11 is 1.13. The zero-order chi connectivity index (χ0) is 6.99. The molecule has 0 fully saturated rings. The van der Waals surface area contributed by atoms with Gasteiger partial charge < -0.3 is 5.11 Å². The van der Waals surface area contributed by atoms with Crippen molar-refractivity contribution in [1.82, 2.24) is 0 Å². The first-order valence-corrected chi connectivity index (χ1v) is 3.63. The Labute approximate surface area is 67.0 Å². The smallest absolute Gasteiger partial charge is 0.303 e.